The molecule has 0 amide bonds. The fourth-order valence-electron chi connectivity index (χ4n) is 2.59. The Labute approximate surface area is 171 Å². The SMILES string of the molecule is CC(C)CC(NC(Cc1nc(-c2cc(Cl)cc(Cl)c2)cs1)C(=O)O)C(=O)O. The van der Waals surface area contributed by atoms with Crippen LogP contribution in [0.15, 0.2) is 23.6 Å². The molecule has 0 saturated heterocycles. The van der Waals surface area contributed by atoms with Gasteiger partial charge in [0.05, 0.1) is 10.7 Å². The standard InChI is InChI=1S/C18H20Cl2N2O4S/c1-9(2)3-13(17(23)24)21-14(18(25)26)7-16-22-15(8-27-16)10-4-11(19)6-12(20)5-10/h4-6,8-9,13-14,21H,3,7H2,1-2H3,(H,23,24)(H,25,26). The maximum absolute atomic E-state index is 11.6. The average molecular weight is 431 g/mol. The van der Waals surface area contributed by atoms with Gasteiger partial charge in [0.2, 0.25) is 0 Å². The molecule has 146 valence electrons. The first-order valence-electron chi connectivity index (χ1n) is 8.28. The first-order valence-corrected chi connectivity index (χ1v) is 9.91. The van der Waals surface area contributed by atoms with Crippen molar-refractivity contribution in [1.29, 1.82) is 0 Å². The van der Waals surface area contributed by atoms with Gasteiger partial charge < -0.3 is 10.2 Å². The molecule has 6 nitrogen and oxygen atoms in total. The molecule has 1 aromatic heterocycles. The van der Waals surface area contributed by atoms with E-state index < -0.39 is 24.0 Å². The van der Waals surface area contributed by atoms with Crippen LogP contribution >= 0.6 is 34.5 Å². The van der Waals surface area contributed by atoms with E-state index in [-0.39, 0.29) is 12.3 Å². The molecule has 0 aliphatic heterocycles. The van der Waals surface area contributed by atoms with Gasteiger partial charge in [0, 0.05) is 27.4 Å². The highest BCUT2D eigenvalue weighted by Gasteiger charge is 2.27. The molecule has 9 heteroatoms. The topological polar surface area (TPSA) is 99.5 Å². The van der Waals surface area contributed by atoms with Crippen molar-refractivity contribution in [2.45, 2.75) is 38.8 Å². The molecule has 2 unspecified atom stereocenters. The van der Waals surface area contributed by atoms with Crippen LogP contribution in [0.3, 0.4) is 0 Å². The van der Waals surface area contributed by atoms with Crippen LogP contribution in [-0.4, -0.2) is 39.2 Å². The van der Waals surface area contributed by atoms with Crippen molar-refractivity contribution < 1.29 is 19.8 Å². The Kier molecular flexibility index (Phi) is 7.61. The smallest absolute Gasteiger partial charge is 0.321 e. The van der Waals surface area contributed by atoms with E-state index in [0.717, 1.165) is 5.56 Å². The lowest BCUT2D eigenvalue weighted by molar-refractivity contribution is -0.142. The van der Waals surface area contributed by atoms with Crippen molar-refractivity contribution in [3.63, 3.8) is 0 Å². The summed E-state index contributed by atoms with van der Waals surface area (Å²) < 4.78 is 0. The number of carboxylic acids is 2. The van der Waals surface area contributed by atoms with Gasteiger partial charge in [-0.2, -0.15) is 0 Å². The molecule has 3 N–H and O–H groups in total. The molecule has 0 fully saturated rings. The number of hydrogen-bond donors (Lipinski definition) is 3. The molecule has 2 rings (SSSR count). The van der Waals surface area contributed by atoms with Gasteiger partial charge >= 0.3 is 11.9 Å². The van der Waals surface area contributed by atoms with E-state index in [4.69, 9.17) is 23.2 Å². The van der Waals surface area contributed by atoms with Crippen molar-refractivity contribution in [2.75, 3.05) is 0 Å². The molecule has 0 bridgehead atoms. The number of carbonyl (C=O) groups is 2. The zero-order chi connectivity index (χ0) is 20.1. The number of halogens is 2. The van der Waals surface area contributed by atoms with Crippen LogP contribution < -0.4 is 5.32 Å². The molecule has 2 atom stereocenters. The maximum Gasteiger partial charge on any atom is 0.321 e. The summed E-state index contributed by atoms with van der Waals surface area (Å²) in [5.74, 6) is -2.07. The van der Waals surface area contributed by atoms with E-state index in [1.165, 1.54) is 11.3 Å². The van der Waals surface area contributed by atoms with Crippen LogP contribution in [-0.2, 0) is 16.0 Å². The molecule has 0 spiro atoms. The second kappa shape index (κ2) is 9.50. The van der Waals surface area contributed by atoms with E-state index in [1.807, 2.05) is 13.8 Å². The van der Waals surface area contributed by atoms with Crippen LogP contribution in [0.25, 0.3) is 11.3 Å². The zero-order valence-electron chi connectivity index (χ0n) is 14.8. The van der Waals surface area contributed by atoms with Crippen LogP contribution in [0.1, 0.15) is 25.3 Å². The summed E-state index contributed by atoms with van der Waals surface area (Å²) in [7, 11) is 0. The second-order valence-corrected chi connectivity index (χ2v) is 8.38. The average Bonchev–Trinajstić information content (AvgIpc) is 3.00. The third-order valence-electron chi connectivity index (χ3n) is 3.79. The second-order valence-electron chi connectivity index (χ2n) is 6.57. The molecule has 1 heterocycles. The fourth-order valence-corrected chi connectivity index (χ4v) is 3.96. The van der Waals surface area contributed by atoms with Gasteiger partial charge in [-0.3, -0.25) is 14.9 Å². The predicted octanol–water partition coefficient (Wildman–Crippen LogP) is 4.20. The summed E-state index contributed by atoms with van der Waals surface area (Å²) in [6, 6.07) is 3.08. The van der Waals surface area contributed by atoms with E-state index >= 15 is 0 Å². The lowest BCUT2D eigenvalue weighted by atomic mass is 10.0. The van der Waals surface area contributed by atoms with E-state index in [9.17, 15) is 19.8 Å². The van der Waals surface area contributed by atoms with Gasteiger partial charge in [-0.25, -0.2) is 4.98 Å². The number of benzene rings is 1. The third kappa shape index (κ3) is 6.46. The van der Waals surface area contributed by atoms with Crippen molar-refractivity contribution in [3.05, 3.63) is 38.6 Å². The molecule has 2 aromatic rings. The van der Waals surface area contributed by atoms with Crippen LogP contribution in [0.5, 0.6) is 0 Å². The number of thiazole rings is 1. The normalized spacial score (nSPS) is 13.5. The van der Waals surface area contributed by atoms with Crippen molar-refractivity contribution in [1.82, 2.24) is 10.3 Å². The van der Waals surface area contributed by atoms with E-state index in [0.29, 0.717) is 27.2 Å². The summed E-state index contributed by atoms with van der Waals surface area (Å²) in [5.41, 5.74) is 1.37. The molecule has 0 saturated carbocycles. The minimum Gasteiger partial charge on any atom is -0.480 e. The van der Waals surface area contributed by atoms with Crippen LogP contribution in [0.4, 0.5) is 0 Å². The van der Waals surface area contributed by atoms with E-state index in [2.05, 4.69) is 10.3 Å². The fraction of sp³-hybridized carbons (Fsp3) is 0.389. The Balaban J connectivity index is 2.16. The van der Waals surface area contributed by atoms with Crippen molar-refractivity contribution in [3.8, 4) is 11.3 Å². The maximum atomic E-state index is 11.6. The van der Waals surface area contributed by atoms with Gasteiger partial charge in [0.25, 0.3) is 0 Å². The first-order chi connectivity index (χ1) is 12.7. The number of nitrogens with zero attached hydrogens (tertiary/aromatic N) is 1. The number of hydrogen-bond acceptors (Lipinski definition) is 5. The Hall–Kier alpha value is -1.67. The monoisotopic (exact) mass is 430 g/mol. The number of aromatic nitrogens is 1. The Bertz CT molecular complexity index is 805. The summed E-state index contributed by atoms with van der Waals surface area (Å²) in [5, 5.41) is 24.9. The summed E-state index contributed by atoms with van der Waals surface area (Å²) in [6.45, 7) is 3.77. The van der Waals surface area contributed by atoms with Gasteiger partial charge in [-0.15, -0.1) is 11.3 Å². The van der Waals surface area contributed by atoms with Gasteiger partial charge in [0.15, 0.2) is 0 Å². The highest BCUT2D eigenvalue weighted by molar-refractivity contribution is 7.10. The number of nitrogens with one attached hydrogen (secondary N) is 1. The number of aliphatic carboxylic acids is 2. The minimum absolute atomic E-state index is 0.0795. The van der Waals surface area contributed by atoms with Crippen LogP contribution in [0, 0.1) is 5.92 Å². The Morgan fingerprint density at radius 1 is 1.11 bits per heavy atom. The molecule has 0 radical (unpaired) electrons. The summed E-state index contributed by atoms with van der Waals surface area (Å²) in [4.78, 5) is 27.5. The predicted molar refractivity (Wildman–Crippen MR) is 107 cm³/mol. The molecule has 1 aromatic carbocycles. The van der Waals surface area contributed by atoms with Gasteiger partial charge in [-0.05, 0) is 30.5 Å². The third-order valence-corrected chi connectivity index (χ3v) is 5.10. The van der Waals surface area contributed by atoms with E-state index in [1.54, 1.807) is 23.6 Å². The lowest BCUT2D eigenvalue weighted by Gasteiger charge is -2.21. The van der Waals surface area contributed by atoms with Gasteiger partial charge in [-0.1, -0.05) is 37.0 Å². The minimum atomic E-state index is -1.12. The molecular weight excluding hydrogens is 411 g/mol. The Morgan fingerprint density at radius 3 is 2.22 bits per heavy atom. The van der Waals surface area contributed by atoms with Crippen LogP contribution in [0.2, 0.25) is 10.0 Å². The largest absolute Gasteiger partial charge is 0.480 e. The van der Waals surface area contributed by atoms with Crippen molar-refractivity contribution in [2.24, 2.45) is 5.92 Å². The molecule has 27 heavy (non-hydrogen) atoms. The summed E-state index contributed by atoms with van der Waals surface area (Å²) >= 11 is 13.3. The Morgan fingerprint density at radius 2 is 1.70 bits per heavy atom. The van der Waals surface area contributed by atoms with Crippen molar-refractivity contribution >= 4 is 46.5 Å². The highest BCUT2D eigenvalue weighted by Crippen LogP contribution is 2.28. The molecule has 0 aliphatic rings. The zero-order valence-corrected chi connectivity index (χ0v) is 17.1. The molecular formula is C18H20Cl2N2O4S. The highest BCUT2D eigenvalue weighted by atomic mass is 35.5. The lowest BCUT2D eigenvalue weighted by Crippen LogP contribution is -2.48. The molecule has 0 aliphatic carbocycles. The number of carboxylic acid groups (broad SMARTS) is 2. The number of rotatable bonds is 9. The first kappa shape index (κ1) is 21.6. The quantitative estimate of drug-likeness (QED) is 0.550. The summed E-state index contributed by atoms with van der Waals surface area (Å²) in [6.07, 6.45) is 0.416. The van der Waals surface area contributed by atoms with Gasteiger partial charge in [0.1, 0.15) is 12.1 Å².